The van der Waals surface area contributed by atoms with Gasteiger partial charge in [-0.05, 0) is 23.4 Å². The molecule has 118 valence electrons. The van der Waals surface area contributed by atoms with Gasteiger partial charge in [-0.15, -0.1) is 11.3 Å². The average molecular weight is 322 g/mol. The molecule has 2 aliphatic rings. The second kappa shape index (κ2) is 5.72. The molecule has 0 N–H and O–H groups in total. The molecule has 7 heteroatoms. The van der Waals surface area contributed by atoms with Crippen LogP contribution in [0.25, 0.3) is 0 Å². The van der Waals surface area contributed by atoms with E-state index in [0.29, 0.717) is 13.1 Å². The van der Waals surface area contributed by atoms with Crippen molar-refractivity contribution in [3.05, 3.63) is 21.9 Å². The van der Waals surface area contributed by atoms with Crippen molar-refractivity contribution in [1.29, 1.82) is 0 Å². The van der Waals surface area contributed by atoms with Crippen LogP contribution in [0.3, 0.4) is 0 Å². The van der Waals surface area contributed by atoms with Crippen molar-refractivity contribution in [2.75, 3.05) is 27.2 Å². The predicted molar refractivity (Wildman–Crippen MR) is 80.2 cm³/mol. The first-order chi connectivity index (χ1) is 10.5. The van der Waals surface area contributed by atoms with Crippen molar-refractivity contribution in [2.45, 2.75) is 18.9 Å². The fourth-order valence-corrected chi connectivity index (χ4v) is 4.09. The first kappa shape index (κ1) is 15.0. The zero-order valence-electron chi connectivity index (χ0n) is 12.6. The first-order valence-electron chi connectivity index (χ1n) is 7.21. The summed E-state index contributed by atoms with van der Waals surface area (Å²) in [6.07, 6.45) is 0.957. The molecule has 3 heterocycles. The maximum absolute atomic E-state index is 12.8. The Kier molecular flexibility index (Phi) is 3.90. The minimum atomic E-state index is -0.687. The Morgan fingerprint density at radius 2 is 2.18 bits per heavy atom. The molecule has 22 heavy (non-hydrogen) atoms. The molecule has 0 aromatic carbocycles. The molecule has 0 bridgehead atoms. The van der Waals surface area contributed by atoms with Gasteiger partial charge in [0, 0.05) is 31.4 Å². The number of carbonyl (C=O) groups is 3. The van der Waals surface area contributed by atoms with Crippen LogP contribution in [0.2, 0.25) is 0 Å². The third-order valence-corrected chi connectivity index (χ3v) is 5.36. The van der Waals surface area contributed by atoms with E-state index in [9.17, 15) is 14.4 Å². The Bertz CT molecular complexity index is 627. The number of carbonyl (C=O) groups excluding carboxylic acids is 3. The summed E-state index contributed by atoms with van der Waals surface area (Å²) in [5, 5.41) is 1.93. The van der Waals surface area contributed by atoms with Gasteiger partial charge in [0.25, 0.3) is 0 Å². The van der Waals surface area contributed by atoms with Gasteiger partial charge in [-0.1, -0.05) is 0 Å². The molecule has 6 nitrogen and oxygen atoms in total. The van der Waals surface area contributed by atoms with Crippen molar-refractivity contribution in [3.8, 4) is 0 Å². The summed E-state index contributed by atoms with van der Waals surface area (Å²) in [6, 6.07) is 1.20. The average Bonchev–Trinajstić information content (AvgIpc) is 3.11. The largest absolute Gasteiger partial charge is 0.467 e. The molecule has 0 spiro atoms. The molecule has 1 saturated heterocycles. The van der Waals surface area contributed by atoms with Crippen LogP contribution in [-0.4, -0.2) is 54.8 Å². The molecule has 2 amide bonds. The number of nitrogens with zero attached hydrogens (tertiary/aromatic N) is 2. The van der Waals surface area contributed by atoms with E-state index in [-0.39, 0.29) is 24.2 Å². The zero-order valence-corrected chi connectivity index (χ0v) is 13.4. The number of fused-ring (bicyclic) bond motifs is 1. The molecule has 0 radical (unpaired) electrons. The number of hydrogen-bond donors (Lipinski definition) is 0. The lowest BCUT2D eigenvalue weighted by atomic mass is 9.97. The summed E-state index contributed by atoms with van der Waals surface area (Å²) < 4.78 is 4.90. The van der Waals surface area contributed by atoms with Crippen LogP contribution < -0.4 is 0 Å². The molecular weight excluding hydrogens is 304 g/mol. The fourth-order valence-electron chi connectivity index (χ4n) is 3.18. The van der Waals surface area contributed by atoms with Crippen LogP contribution in [0.5, 0.6) is 0 Å². The van der Waals surface area contributed by atoms with E-state index < -0.39 is 12.0 Å². The van der Waals surface area contributed by atoms with Gasteiger partial charge in [0.15, 0.2) is 6.04 Å². The summed E-state index contributed by atoms with van der Waals surface area (Å²) in [4.78, 5) is 40.9. The van der Waals surface area contributed by atoms with E-state index in [1.54, 1.807) is 28.2 Å². The number of esters is 1. The quantitative estimate of drug-likeness (QED) is 0.756. The molecule has 1 aromatic heterocycles. The van der Waals surface area contributed by atoms with Crippen molar-refractivity contribution in [3.63, 3.8) is 0 Å². The minimum absolute atomic E-state index is 0.0267. The highest BCUT2D eigenvalue weighted by atomic mass is 32.1. The van der Waals surface area contributed by atoms with Gasteiger partial charge in [0.1, 0.15) is 0 Å². The molecule has 2 atom stereocenters. The number of amides is 2. The lowest BCUT2D eigenvalue weighted by molar-refractivity contribution is -0.155. The lowest BCUT2D eigenvalue weighted by Gasteiger charge is -2.35. The number of methoxy groups -OCH3 is 1. The van der Waals surface area contributed by atoms with Crippen LogP contribution in [0.4, 0.5) is 0 Å². The summed E-state index contributed by atoms with van der Waals surface area (Å²) in [5.74, 6) is -0.957. The van der Waals surface area contributed by atoms with Crippen LogP contribution in [0.1, 0.15) is 22.9 Å². The normalized spacial score (nSPS) is 24.4. The van der Waals surface area contributed by atoms with Gasteiger partial charge in [-0.2, -0.15) is 0 Å². The number of ether oxygens (including phenoxy) is 1. The Balaban J connectivity index is 1.87. The number of thiophene rings is 1. The Hall–Kier alpha value is -1.89. The van der Waals surface area contributed by atoms with E-state index in [1.807, 2.05) is 11.4 Å². The van der Waals surface area contributed by atoms with Gasteiger partial charge in [0.2, 0.25) is 11.8 Å². The third-order valence-electron chi connectivity index (χ3n) is 4.36. The molecule has 1 fully saturated rings. The minimum Gasteiger partial charge on any atom is -0.467 e. The maximum Gasteiger partial charge on any atom is 0.333 e. The Labute approximate surface area is 132 Å². The number of hydrogen-bond acceptors (Lipinski definition) is 5. The Morgan fingerprint density at radius 1 is 1.41 bits per heavy atom. The molecule has 3 rings (SSSR count). The monoisotopic (exact) mass is 322 g/mol. The fraction of sp³-hybridized carbons (Fsp3) is 0.533. The van der Waals surface area contributed by atoms with E-state index in [4.69, 9.17) is 4.74 Å². The molecule has 1 aromatic rings. The Morgan fingerprint density at radius 3 is 2.82 bits per heavy atom. The second-order valence-corrected chi connectivity index (χ2v) is 6.68. The van der Waals surface area contributed by atoms with Crippen molar-refractivity contribution >= 4 is 29.1 Å². The van der Waals surface area contributed by atoms with Gasteiger partial charge in [-0.3, -0.25) is 9.59 Å². The van der Waals surface area contributed by atoms with E-state index in [2.05, 4.69) is 0 Å². The van der Waals surface area contributed by atoms with Gasteiger partial charge < -0.3 is 14.5 Å². The van der Waals surface area contributed by atoms with Crippen LogP contribution in [-0.2, 0) is 25.5 Å². The van der Waals surface area contributed by atoms with Gasteiger partial charge >= 0.3 is 5.97 Å². The summed E-state index contributed by atoms with van der Waals surface area (Å²) in [5.41, 5.74) is 0.856. The molecule has 0 saturated carbocycles. The van der Waals surface area contributed by atoms with Crippen molar-refractivity contribution in [1.82, 2.24) is 9.80 Å². The van der Waals surface area contributed by atoms with Crippen LogP contribution in [0.15, 0.2) is 11.4 Å². The topological polar surface area (TPSA) is 66.9 Å². The van der Waals surface area contributed by atoms with Crippen molar-refractivity contribution in [2.24, 2.45) is 5.92 Å². The summed E-state index contributed by atoms with van der Waals surface area (Å²) in [7, 11) is 3.03. The van der Waals surface area contributed by atoms with Gasteiger partial charge in [-0.25, -0.2) is 4.79 Å². The number of likely N-dealkylation sites (tertiary alicyclic amines) is 1. The lowest BCUT2D eigenvalue weighted by Crippen LogP contribution is -2.46. The highest BCUT2D eigenvalue weighted by molar-refractivity contribution is 7.10. The summed E-state index contributed by atoms with van der Waals surface area (Å²) >= 11 is 1.60. The predicted octanol–water partition coefficient (Wildman–Crippen LogP) is 0.825. The molecule has 0 unspecified atom stereocenters. The van der Waals surface area contributed by atoms with E-state index in [1.165, 1.54) is 7.11 Å². The zero-order chi connectivity index (χ0) is 15.9. The SMILES string of the molecule is COC(=O)[C@@H]1c2ccsc2CCN1C(=O)[C@@H]1CC(=O)N(C)C1. The highest BCUT2D eigenvalue weighted by Gasteiger charge is 2.42. The van der Waals surface area contributed by atoms with Gasteiger partial charge in [0.05, 0.1) is 13.0 Å². The number of rotatable bonds is 2. The maximum atomic E-state index is 12.8. The van der Waals surface area contributed by atoms with E-state index in [0.717, 1.165) is 16.9 Å². The summed E-state index contributed by atoms with van der Waals surface area (Å²) in [6.45, 7) is 0.902. The second-order valence-electron chi connectivity index (χ2n) is 5.68. The molecular formula is C15H18N2O4S. The van der Waals surface area contributed by atoms with Crippen LogP contribution >= 0.6 is 11.3 Å². The van der Waals surface area contributed by atoms with Crippen molar-refractivity contribution < 1.29 is 19.1 Å². The van der Waals surface area contributed by atoms with E-state index >= 15 is 0 Å². The molecule has 0 aliphatic carbocycles. The molecule has 2 aliphatic heterocycles. The highest BCUT2D eigenvalue weighted by Crippen LogP contribution is 2.35. The third kappa shape index (κ3) is 2.39. The standard InChI is InChI=1S/C15H18N2O4S/c1-16-8-9(7-12(16)18)14(19)17-5-3-11-10(4-6-22-11)13(17)15(20)21-2/h4,6,9,13H,3,5,7-8H2,1-2H3/t9-,13+/m1/s1. The first-order valence-corrected chi connectivity index (χ1v) is 8.09. The van der Waals surface area contributed by atoms with Crippen LogP contribution in [0, 0.1) is 5.92 Å². The smallest absolute Gasteiger partial charge is 0.333 e.